The Hall–Kier alpha value is -5.98. The van der Waals surface area contributed by atoms with Gasteiger partial charge in [-0.1, -0.05) is 45.0 Å². The fourth-order valence-corrected chi connectivity index (χ4v) is 9.67. The van der Waals surface area contributed by atoms with Crippen molar-refractivity contribution >= 4 is 63.7 Å². The first-order valence-corrected chi connectivity index (χ1v) is 24.6. The summed E-state index contributed by atoms with van der Waals surface area (Å²) in [6, 6.07) is 17.5. The molecule has 0 saturated carbocycles. The van der Waals surface area contributed by atoms with Crippen LogP contribution in [0.1, 0.15) is 89.1 Å². The molecule has 2 saturated heterocycles. The number of hydrogen-bond donors (Lipinski definition) is 3. The van der Waals surface area contributed by atoms with Crippen LogP contribution in [-0.4, -0.2) is 107 Å². The van der Waals surface area contributed by atoms with Gasteiger partial charge in [-0.3, -0.25) is 24.1 Å². The minimum Gasteiger partial charge on any atom is -0.494 e. The predicted octanol–water partition coefficient (Wildman–Crippen LogP) is 7.71. The van der Waals surface area contributed by atoms with Crippen LogP contribution in [0.4, 0.5) is 24.5 Å². The van der Waals surface area contributed by atoms with Gasteiger partial charge in [-0.05, 0) is 118 Å². The fourth-order valence-electron chi connectivity index (χ4n) is 8.34. The molecule has 3 aromatic carbocycles. The van der Waals surface area contributed by atoms with Crippen molar-refractivity contribution in [3.63, 3.8) is 0 Å². The maximum Gasteiger partial charge on any atom is 0.417 e. The number of anilines is 2. The Morgan fingerprint density at radius 2 is 1.62 bits per heavy atom. The van der Waals surface area contributed by atoms with E-state index in [9.17, 15) is 42.7 Å². The molecule has 2 aliphatic rings. The minimum absolute atomic E-state index is 0.000625. The molecule has 4 aromatic rings. The first kappa shape index (κ1) is 54.4. The van der Waals surface area contributed by atoms with Gasteiger partial charge in [0, 0.05) is 45.0 Å². The second-order valence-corrected chi connectivity index (χ2v) is 20.2. The highest BCUT2D eigenvalue weighted by Crippen LogP contribution is 2.40. The van der Waals surface area contributed by atoms with E-state index in [1.54, 1.807) is 65.9 Å². The summed E-state index contributed by atoms with van der Waals surface area (Å²) < 4.78 is 58.4. The number of alkyl halides is 3. The van der Waals surface area contributed by atoms with Gasteiger partial charge in [0.2, 0.25) is 17.7 Å². The SMILES string of the molecule is Cc1ncsc1-c1ccc(CNC(=O)[C@@H]2C[C@@H](O)CN2C(=O)[C@@H](NC(=O)COCCCOCCCCCOc2ccc(N3C(=S)N(c4ccc(C#N)c(C(F)(F)F)c4)C(=O)C3(C)C)cc2)C(C)(C)C)cc1. The molecule has 71 heavy (non-hydrogen) atoms. The molecule has 0 unspecified atom stereocenters. The topological polar surface area (TPSA) is 187 Å². The first-order valence-electron chi connectivity index (χ1n) is 23.3. The third-order valence-electron chi connectivity index (χ3n) is 12.2. The number of rotatable bonds is 21. The van der Waals surface area contributed by atoms with Gasteiger partial charge in [0.05, 0.1) is 51.7 Å². The van der Waals surface area contributed by atoms with Crippen LogP contribution in [0.15, 0.2) is 72.2 Å². The average molecular weight is 1020 g/mol. The molecule has 0 bridgehead atoms. The number of thiazole rings is 1. The highest BCUT2D eigenvalue weighted by Gasteiger charge is 2.51. The number of aromatic nitrogens is 1. The van der Waals surface area contributed by atoms with Crippen molar-refractivity contribution in [1.82, 2.24) is 20.5 Å². The van der Waals surface area contributed by atoms with E-state index in [2.05, 4.69) is 15.6 Å². The normalized spacial score (nSPS) is 17.3. The number of likely N-dealkylation sites (tertiary alicyclic amines) is 1. The molecule has 1 aromatic heterocycles. The maximum absolute atomic E-state index is 13.9. The van der Waals surface area contributed by atoms with Crippen LogP contribution in [-0.2, 0) is 41.4 Å². The van der Waals surface area contributed by atoms with Crippen molar-refractivity contribution in [2.45, 2.75) is 110 Å². The number of ether oxygens (including phenoxy) is 3. The highest BCUT2D eigenvalue weighted by molar-refractivity contribution is 7.81. The van der Waals surface area contributed by atoms with Crippen LogP contribution in [0.25, 0.3) is 10.4 Å². The summed E-state index contributed by atoms with van der Waals surface area (Å²) in [6.45, 7) is 12.3. The van der Waals surface area contributed by atoms with E-state index in [1.165, 1.54) is 11.0 Å². The number of aliphatic hydroxyl groups excluding tert-OH is 1. The van der Waals surface area contributed by atoms with E-state index in [0.717, 1.165) is 58.0 Å². The zero-order valence-corrected chi connectivity index (χ0v) is 42.3. The molecule has 15 nitrogen and oxygen atoms in total. The third kappa shape index (κ3) is 13.5. The predicted molar refractivity (Wildman–Crippen MR) is 266 cm³/mol. The summed E-state index contributed by atoms with van der Waals surface area (Å²) in [7, 11) is 0. The second kappa shape index (κ2) is 23.5. The second-order valence-electron chi connectivity index (χ2n) is 19.0. The number of nitriles is 1. The Balaban J connectivity index is 0.851. The lowest BCUT2D eigenvalue weighted by atomic mass is 9.85. The number of thiocarbonyl (C=S) groups is 1. The van der Waals surface area contributed by atoms with E-state index < -0.39 is 64.2 Å². The average Bonchev–Trinajstić information content (AvgIpc) is 3.99. The number of halogens is 3. The number of nitrogens with zero attached hydrogens (tertiary/aromatic N) is 5. The molecule has 0 aliphatic carbocycles. The fraction of sp³-hybridized carbons (Fsp3) is 0.471. The zero-order valence-electron chi connectivity index (χ0n) is 40.6. The van der Waals surface area contributed by atoms with E-state index in [4.69, 9.17) is 26.4 Å². The Bertz CT molecular complexity index is 2580. The van der Waals surface area contributed by atoms with E-state index in [-0.39, 0.29) is 49.4 Å². The Kier molecular flexibility index (Phi) is 18.0. The highest BCUT2D eigenvalue weighted by atomic mass is 32.1. The summed E-state index contributed by atoms with van der Waals surface area (Å²) >= 11 is 7.18. The summed E-state index contributed by atoms with van der Waals surface area (Å²) in [5.74, 6) is -1.25. The van der Waals surface area contributed by atoms with Gasteiger partial charge < -0.3 is 39.8 Å². The molecule has 0 spiro atoms. The molecule has 3 atom stereocenters. The third-order valence-corrected chi connectivity index (χ3v) is 13.5. The molecule has 6 rings (SSSR count). The number of unbranched alkanes of at least 4 members (excludes halogenated alkanes) is 2. The van der Waals surface area contributed by atoms with Crippen LogP contribution in [0.2, 0.25) is 0 Å². The Morgan fingerprint density at radius 1 is 0.958 bits per heavy atom. The van der Waals surface area contributed by atoms with Gasteiger partial charge in [0.25, 0.3) is 5.91 Å². The van der Waals surface area contributed by atoms with E-state index in [0.29, 0.717) is 37.7 Å². The maximum atomic E-state index is 13.9. The molecule has 2 aliphatic heterocycles. The number of benzene rings is 3. The van der Waals surface area contributed by atoms with Crippen molar-refractivity contribution in [3.05, 3.63) is 94.6 Å². The lowest BCUT2D eigenvalue weighted by molar-refractivity contribution is -0.144. The number of carbonyl (C=O) groups excluding carboxylic acids is 4. The molecular weight excluding hydrogens is 960 g/mol. The number of aliphatic hydroxyl groups is 1. The number of amides is 4. The van der Waals surface area contributed by atoms with Crippen LogP contribution in [0.5, 0.6) is 5.75 Å². The molecule has 380 valence electrons. The van der Waals surface area contributed by atoms with E-state index in [1.807, 2.05) is 52.0 Å². The molecule has 2 fully saturated rings. The van der Waals surface area contributed by atoms with Gasteiger partial charge in [-0.25, -0.2) is 4.98 Å². The van der Waals surface area contributed by atoms with Crippen molar-refractivity contribution in [2.75, 3.05) is 49.4 Å². The van der Waals surface area contributed by atoms with Crippen molar-refractivity contribution in [3.8, 4) is 22.3 Å². The van der Waals surface area contributed by atoms with Gasteiger partial charge in [-0.2, -0.15) is 18.4 Å². The molecule has 4 amide bonds. The monoisotopic (exact) mass is 1020 g/mol. The zero-order chi connectivity index (χ0) is 51.7. The van der Waals surface area contributed by atoms with Crippen molar-refractivity contribution < 1.29 is 51.7 Å². The number of carbonyl (C=O) groups is 4. The first-order chi connectivity index (χ1) is 33.6. The molecule has 20 heteroatoms. The van der Waals surface area contributed by atoms with Crippen LogP contribution in [0.3, 0.4) is 0 Å². The minimum atomic E-state index is -4.80. The van der Waals surface area contributed by atoms with Gasteiger partial charge in [0.15, 0.2) is 5.11 Å². The lowest BCUT2D eigenvalue weighted by Crippen LogP contribution is -2.58. The standard InChI is InChI=1S/C51H60F3N7O8S2/c1-32-43(71-31-57-32)34-13-11-33(12-14-34)28-56-45(64)41-26-38(62)29-59(41)46(65)44(49(2,3)4)58-42(63)30-68-23-10-22-67-21-8-7-9-24-69-39-19-17-36(18-20-39)61-48(70)60(47(66)50(61,5)6)37-16-15-35(27-55)40(25-37)51(52,53)54/h11-20,25,31,38,41,44,62H,7-10,21-24,26,28-30H2,1-6H3,(H,56,64)(H,58,63)/t38-,41+,44-/m1/s1. The lowest BCUT2D eigenvalue weighted by Gasteiger charge is -2.35. The molecule has 3 heterocycles. The van der Waals surface area contributed by atoms with Crippen molar-refractivity contribution in [2.24, 2.45) is 5.41 Å². The smallest absolute Gasteiger partial charge is 0.417 e. The number of nitrogens with one attached hydrogen (secondary N) is 2. The van der Waals surface area contributed by atoms with E-state index >= 15 is 0 Å². The molecule has 0 radical (unpaired) electrons. The van der Waals surface area contributed by atoms with Gasteiger partial charge >= 0.3 is 6.18 Å². The number of hydrogen-bond acceptors (Lipinski definition) is 12. The van der Waals surface area contributed by atoms with Crippen LogP contribution < -0.4 is 25.2 Å². The Labute approximate surface area is 421 Å². The summed E-state index contributed by atoms with van der Waals surface area (Å²) in [5, 5.41) is 25.5. The van der Waals surface area contributed by atoms with Gasteiger partial charge in [0.1, 0.15) is 30.0 Å². The summed E-state index contributed by atoms with van der Waals surface area (Å²) in [4.78, 5) is 63.3. The Morgan fingerprint density at radius 3 is 2.27 bits per heavy atom. The number of β-amino-alcohol motifs (C(OH)–C–C–N with tert-alkyl or cyclic N) is 1. The van der Waals surface area contributed by atoms with Crippen LogP contribution >= 0.6 is 23.6 Å². The van der Waals surface area contributed by atoms with Crippen LogP contribution in [0, 0.1) is 23.7 Å². The van der Waals surface area contributed by atoms with Gasteiger partial charge in [-0.15, -0.1) is 11.3 Å². The molecular formula is C51H60F3N7O8S2. The summed E-state index contributed by atoms with van der Waals surface area (Å²) in [6.07, 6.45) is -2.66. The summed E-state index contributed by atoms with van der Waals surface area (Å²) in [5.41, 5.74) is 1.50. The largest absolute Gasteiger partial charge is 0.494 e. The molecule has 3 N–H and O–H groups in total. The van der Waals surface area contributed by atoms with Crippen molar-refractivity contribution in [1.29, 1.82) is 5.26 Å². The number of aryl methyl sites for hydroxylation is 1. The quantitative estimate of drug-likeness (QED) is 0.0546.